The summed E-state index contributed by atoms with van der Waals surface area (Å²) < 4.78 is 5.29. The Morgan fingerprint density at radius 3 is 2.89 bits per heavy atom. The van der Waals surface area contributed by atoms with Crippen LogP contribution in [0.25, 0.3) is 0 Å². The van der Waals surface area contributed by atoms with Crippen LogP contribution in [-0.2, 0) is 11.2 Å². The van der Waals surface area contributed by atoms with E-state index >= 15 is 0 Å². The predicted octanol–water partition coefficient (Wildman–Crippen LogP) is 2.10. The minimum absolute atomic E-state index is 0.101. The van der Waals surface area contributed by atoms with Gasteiger partial charge in [-0.3, -0.25) is 4.79 Å². The molecular weight excluding hydrogens is 240 g/mol. The first-order valence-corrected chi connectivity index (χ1v) is 7.20. The average molecular weight is 264 g/mol. The second kappa shape index (κ2) is 6.75. The van der Waals surface area contributed by atoms with Crippen LogP contribution in [0, 0.1) is 5.92 Å². The molecule has 2 atom stereocenters. The van der Waals surface area contributed by atoms with E-state index in [1.807, 2.05) is 12.1 Å². The smallest absolute Gasteiger partial charge is 0.234 e. The van der Waals surface area contributed by atoms with Gasteiger partial charge < -0.3 is 15.1 Å². The number of carbonyl (C=O) groups excluding carboxylic acids is 1. The van der Waals surface area contributed by atoms with Crippen LogP contribution < -0.4 is 10.6 Å². The lowest BCUT2D eigenvalue weighted by molar-refractivity contribution is -0.121. The molecule has 1 aliphatic rings. The third-order valence-electron chi connectivity index (χ3n) is 3.73. The van der Waals surface area contributed by atoms with Crippen molar-refractivity contribution in [3.63, 3.8) is 0 Å². The standard InChI is InChI=1S/C15H24N2O2/c1-11(5-8-14-4-3-9-19-14)16-10-15(18)17-12(2)13-6-7-13/h3-4,9,11-13,16H,5-8,10H2,1-2H3,(H,17,18)/t11-,12-/m1/s1. The molecule has 1 saturated carbocycles. The van der Waals surface area contributed by atoms with E-state index in [0.717, 1.165) is 18.6 Å². The molecule has 0 saturated heterocycles. The van der Waals surface area contributed by atoms with Gasteiger partial charge in [0.05, 0.1) is 12.8 Å². The Kier molecular flexibility index (Phi) is 5.02. The second-order valence-electron chi connectivity index (χ2n) is 5.59. The Hall–Kier alpha value is -1.29. The first-order chi connectivity index (χ1) is 9.15. The van der Waals surface area contributed by atoms with Crippen molar-refractivity contribution in [3.05, 3.63) is 24.2 Å². The van der Waals surface area contributed by atoms with Crippen LogP contribution in [0.15, 0.2) is 22.8 Å². The number of hydrogen-bond donors (Lipinski definition) is 2. The molecule has 106 valence electrons. The van der Waals surface area contributed by atoms with E-state index in [-0.39, 0.29) is 5.91 Å². The van der Waals surface area contributed by atoms with Crippen LogP contribution in [0.4, 0.5) is 0 Å². The van der Waals surface area contributed by atoms with Gasteiger partial charge in [-0.2, -0.15) is 0 Å². The van der Waals surface area contributed by atoms with Crippen molar-refractivity contribution in [2.75, 3.05) is 6.54 Å². The summed E-state index contributed by atoms with van der Waals surface area (Å²) in [6.45, 7) is 4.59. The van der Waals surface area contributed by atoms with Crippen molar-refractivity contribution in [1.29, 1.82) is 0 Å². The maximum atomic E-state index is 11.7. The summed E-state index contributed by atoms with van der Waals surface area (Å²) in [5, 5.41) is 6.30. The zero-order valence-electron chi connectivity index (χ0n) is 11.8. The summed E-state index contributed by atoms with van der Waals surface area (Å²) in [7, 11) is 0. The average Bonchev–Trinajstić information content (AvgIpc) is 3.11. The normalized spacial score (nSPS) is 18.0. The Labute approximate surface area is 114 Å². The van der Waals surface area contributed by atoms with Gasteiger partial charge in [-0.1, -0.05) is 0 Å². The Balaban J connectivity index is 1.57. The van der Waals surface area contributed by atoms with Crippen LogP contribution in [0.5, 0.6) is 0 Å². The maximum absolute atomic E-state index is 11.7. The van der Waals surface area contributed by atoms with E-state index in [4.69, 9.17) is 4.42 Å². The minimum atomic E-state index is 0.101. The van der Waals surface area contributed by atoms with Crippen molar-refractivity contribution >= 4 is 5.91 Å². The molecule has 1 aliphatic carbocycles. The third-order valence-corrected chi connectivity index (χ3v) is 3.73. The van der Waals surface area contributed by atoms with Crippen molar-refractivity contribution in [1.82, 2.24) is 10.6 Å². The highest BCUT2D eigenvalue weighted by atomic mass is 16.3. The number of nitrogens with one attached hydrogen (secondary N) is 2. The van der Waals surface area contributed by atoms with E-state index in [1.54, 1.807) is 6.26 Å². The van der Waals surface area contributed by atoms with Gasteiger partial charge in [-0.05, 0) is 51.2 Å². The number of carbonyl (C=O) groups is 1. The summed E-state index contributed by atoms with van der Waals surface area (Å²) in [6, 6.07) is 4.52. The largest absolute Gasteiger partial charge is 0.469 e. The Morgan fingerprint density at radius 1 is 1.47 bits per heavy atom. The molecule has 2 rings (SSSR count). The van der Waals surface area contributed by atoms with Crippen molar-refractivity contribution in [3.8, 4) is 0 Å². The highest BCUT2D eigenvalue weighted by molar-refractivity contribution is 5.78. The van der Waals surface area contributed by atoms with Crippen LogP contribution in [-0.4, -0.2) is 24.5 Å². The summed E-state index contributed by atoms with van der Waals surface area (Å²) in [6.07, 6.45) is 6.09. The molecule has 1 fully saturated rings. The van der Waals surface area contributed by atoms with E-state index in [2.05, 4.69) is 24.5 Å². The zero-order valence-corrected chi connectivity index (χ0v) is 11.8. The number of hydrogen-bond acceptors (Lipinski definition) is 3. The molecule has 0 aromatic carbocycles. The van der Waals surface area contributed by atoms with Crippen LogP contribution in [0.3, 0.4) is 0 Å². The lowest BCUT2D eigenvalue weighted by Crippen LogP contribution is -2.42. The molecule has 0 spiro atoms. The lowest BCUT2D eigenvalue weighted by atomic mass is 10.1. The number of aryl methyl sites for hydroxylation is 1. The fourth-order valence-electron chi connectivity index (χ4n) is 2.20. The fourth-order valence-corrected chi connectivity index (χ4v) is 2.20. The van der Waals surface area contributed by atoms with Gasteiger partial charge in [0.15, 0.2) is 0 Å². The zero-order chi connectivity index (χ0) is 13.7. The van der Waals surface area contributed by atoms with Gasteiger partial charge >= 0.3 is 0 Å². The van der Waals surface area contributed by atoms with Crippen molar-refractivity contribution in [2.45, 2.75) is 51.6 Å². The van der Waals surface area contributed by atoms with Crippen LogP contribution in [0.1, 0.15) is 38.9 Å². The maximum Gasteiger partial charge on any atom is 0.234 e. The van der Waals surface area contributed by atoms with Crippen LogP contribution >= 0.6 is 0 Å². The molecule has 1 aromatic heterocycles. The van der Waals surface area contributed by atoms with Gasteiger partial charge in [-0.25, -0.2) is 0 Å². The van der Waals surface area contributed by atoms with Crippen molar-refractivity contribution in [2.24, 2.45) is 5.92 Å². The molecule has 0 unspecified atom stereocenters. The lowest BCUT2D eigenvalue weighted by Gasteiger charge is -2.16. The molecule has 4 heteroatoms. The molecule has 1 amide bonds. The summed E-state index contributed by atoms with van der Waals surface area (Å²) in [4.78, 5) is 11.7. The van der Waals surface area contributed by atoms with Gasteiger partial charge in [0.25, 0.3) is 0 Å². The second-order valence-corrected chi connectivity index (χ2v) is 5.59. The monoisotopic (exact) mass is 264 g/mol. The van der Waals surface area contributed by atoms with E-state index in [1.165, 1.54) is 12.8 Å². The Bertz CT molecular complexity index is 385. The molecule has 0 aliphatic heterocycles. The molecule has 1 heterocycles. The molecule has 2 N–H and O–H groups in total. The van der Waals surface area contributed by atoms with Gasteiger partial charge in [0, 0.05) is 18.5 Å². The van der Waals surface area contributed by atoms with Gasteiger partial charge in [0.1, 0.15) is 5.76 Å². The first-order valence-electron chi connectivity index (χ1n) is 7.20. The molecular formula is C15H24N2O2. The SMILES string of the molecule is C[C@H](CCc1ccco1)NCC(=O)N[C@H](C)C1CC1. The number of furan rings is 1. The van der Waals surface area contributed by atoms with E-state index in [0.29, 0.717) is 24.5 Å². The predicted molar refractivity (Wildman–Crippen MR) is 74.8 cm³/mol. The highest BCUT2D eigenvalue weighted by Gasteiger charge is 2.28. The topological polar surface area (TPSA) is 54.3 Å². The summed E-state index contributed by atoms with van der Waals surface area (Å²) in [5.41, 5.74) is 0. The van der Waals surface area contributed by atoms with E-state index in [9.17, 15) is 4.79 Å². The number of amides is 1. The van der Waals surface area contributed by atoms with Gasteiger partial charge in [0.2, 0.25) is 5.91 Å². The Morgan fingerprint density at radius 2 is 2.26 bits per heavy atom. The van der Waals surface area contributed by atoms with Crippen LogP contribution in [0.2, 0.25) is 0 Å². The summed E-state index contributed by atoms with van der Waals surface area (Å²) in [5.74, 6) is 1.81. The first kappa shape index (κ1) is 14.1. The van der Waals surface area contributed by atoms with Gasteiger partial charge in [-0.15, -0.1) is 0 Å². The van der Waals surface area contributed by atoms with Crippen molar-refractivity contribution < 1.29 is 9.21 Å². The molecule has 4 nitrogen and oxygen atoms in total. The quantitative estimate of drug-likeness (QED) is 0.756. The highest BCUT2D eigenvalue weighted by Crippen LogP contribution is 2.32. The molecule has 1 aromatic rings. The number of rotatable bonds is 8. The minimum Gasteiger partial charge on any atom is -0.469 e. The molecule has 19 heavy (non-hydrogen) atoms. The molecule has 0 bridgehead atoms. The molecule has 0 radical (unpaired) electrons. The summed E-state index contributed by atoms with van der Waals surface area (Å²) >= 11 is 0. The van der Waals surface area contributed by atoms with E-state index < -0.39 is 0 Å². The third kappa shape index (κ3) is 5.07. The fraction of sp³-hybridized carbons (Fsp3) is 0.667.